The van der Waals surface area contributed by atoms with Crippen molar-refractivity contribution in [1.29, 1.82) is 5.26 Å². The Hall–Kier alpha value is -3.19. The van der Waals surface area contributed by atoms with Gasteiger partial charge in [-0.05, 0) is 30.7 Å². The number of nitrogens with zero attached hydrogens (tertiary/aromatic N) is 4. The zero-order valence-corrected chi connectivity index (χ0v) is 19.0. The number of anilines is 2. The number of fused-ring (bicyclic) bond motifs is 1. The minimum absolute atomic E-state index is 0. The Kier molecular flexibility index (Phi) is 8.60. The zero-order valence-electron chi connectivity index (χ0n) is 18.2. The number of methoxy groups -OCH3 is 1. The molecule has 0 radical (unpaired) electrons. The molecule has 2 aromatic carbocycles. The van der Waals surface area contributed by atoms with Crippen LogP contribution in [0.3, 0.4) is 0 Å². The summed E-state index contributed by atoms with van der Waals surface area (Å²) in [6.45, 7) is 4.96. The molecule has 33 heavy (non-hydrogen) atoms. The maximum absolute atomic E-state index is 14.2. The fraction of sp³-hybridized carbons (Fsp3) is 0.348. The van der Waals surface area contributed by atoms with E-state index >= 15 is 0 Å². The summed E-state index contributed by atoms with van der Waals surface area (Å²) in [4.78, 5) is 11.1. The van der Waals surface area contributed by atoms with Crippen LogP contribution in [0, 0.1) is 17.1 Å². The van der Waals surface area contributed by atoms with Crippen molar-refractivity contribution in [3.8, 4) is 17.6 Å². The van der Waals surface area contributed by atoms with Crippen LogP contribution in [0.5, 0.6) is 11.5 Å². The Bertz CT molecular complexity index is 1140. The summed E-state index contributed by atoms with van der Waals surface area (Å²) in [6, 6.07) is 9.70. The summed E-state index contributed by atoms with van der Waals surface area (Å²) in [6.07, 6.45) is 2.52. The van der Waals surface area contributed by atoms with Crippen molar-refractivity contribution < 1.29 is 18.6 Å². The quantitative estimate of drug-likeness (QED) is 0.492. The molecule has 1 aliphatic heterocycles. The molecule has 0 aliphatic carbocycles. The molecule has 1 N–H and O–H groups in total. The van der Waals surface area contributed by atoms with Crippen LogP contribution < -0.4 is 14.8 Å². The van der Waals surface area contributed by atoms with Crippen molar-refractivity contribution in [1.82, 2.24) is 14.9 Å². The fourth-order valence-electron chi connectivity index (χ4n) is 3.47. The number of rotatable bonds is 8. The SMILES string of the molecule is COc1cc2cnc(Nc3ccc(C#N)cc3F)nc2cc1OCCCN1CCOCC1.Cl. The average Bonchev–Trinajstić information content (AvgIpc) is 2.83. The molecule has 0 saturated carbocycles. The highest BCUT2D eigenvalue weighted by Crippen LogP contribution is 2.32. The van der Waals surface area contributed by atoms with Crippen LogP contribution in [0.2, 0.25) is 0 Å². The molecule has 2 heterocycles. The molecule has 1 aromatic heterocycles. The molecule has 10 heteroatoms. The summed E-state index contributed by atoms with van der Waals surface area (Å²) in [5.74, 6) is 0.888. The van der Waals surface area contributed by atoms with Crippen LogP contribution in [-0.4, -0.2) is 61.4 Å². The lowest BCUT2D eigenvalue weighted by molar-refractivity contribution is 0.0357. The fourth-order valence-corrected chi connectivity index (χ4v) is 3.47. The monoisotopic (exact) mass is 473 g/mol. The number of halogens is 2. The Morgan fingerprint density at radius 1 is 1.21 bits per heavy atom. The van der Waals surface area contributed by atoms with Crippen LogP contribution in [0.15, 0.2) is 36.5 Å². The molecule has 0 amide bonds. The first-order valence-electron chi connectivity index (χ1n) is 10.4. The molecule has 0 bridgehead atoms. The third kappa shape index (κ3) is 6.20. The summed E-state index contributed by atoms with van der Waals surface area (Å²) in [5, 5.41) is 12.5. The summed E-state index contributed by atoms with van der Waals surface area (Å²) < 4.78 is 31.0. The number of morpholine rings is 1. The summed E-state index contributed by atoms with van der Waals surface area (Å²) >= 11 is 0. The number of hydrogen-bond donors (Lipinski definition) is 1. The standard InChI is InChI=1S/C23H24FN5O3.ClH/c1-30-21-12-17-15-26-23(27-19-4-3-16(14-25)11-18(19)24)28-20(17)13-22(21)32-8-2-5-29-6-9-31-10-7-29;/h3-4,11-13,15H,2,5-10H2,1H3,(H,26,27,28);1H. The Labute approximate surface area is 197 Å². The molecule has 0 unspecified atom stereocenters. The minimum atomic E-state index is -0.549. The Morgan fingerprint density at radius 2 is 2.03 bits per heavy atom. The normalized spacial score (nSPS) is 13.7. The third-order valence-electron chi connectivity index (χ3n) is 5.19. The van der Waals surface area contributed by atoms with E-state index < -0.39 is 5.82 Å². The van der Waals surface area contributed by atoms with Gasteiger partial charge in [0.1, 0.15) is 5.82 Å². The van der Waals surface area contributed by atoms with E-state index in [1.54, 1.807) is 19.4 Å². The van der Waals surface area contributed by atoms with E-state index in [2.05, 4.69) is 20.2 Å². The van der Waals surface area contributed by atoms with Crippen molar-refractivity contribution in [2.75, 3.05) is 51.9 Å². The zero-order chi connectivity index (χ0) is 22.3. The van der Waals surface area contributed by atoms with E-state index in [1.807, 2.05) is 12.1 Å². The Balaban J connectivity index is 0.00000306. The molecule has 4 rings (SSSR count). The van der Waals surface area contributed by atoms with Gasteiger partial charge in [-0.25, -0.2) is 14.4 Å². The third-order valence-corrected chi connectivity index (χ3v) is 5.19. The van der Waals surface area contributed by atoms with Crippen molar-refractivity contribution in [3.05, 3.63) is 47.9 Å². The predicted molar refractivity (Wildman–Crippen MR) is 125 cm³/mol. The van der Waals surface area contributed by atoms with Gasteiger partial charge >= 0.3 is 0 Å². The van der Waals surface area contributed by atoms with Crippen LogP contribution in [0.25, 0.3) is 10.9 Å². The highest BCUT2D eigenvalue weighted by Gasteiger charge is 2.12. The molecule has 1 aliphatic rings. The first-order valence-corrected chi connectivity index (χ1v) is 10.4. The molecule has 8 nitrogen and oxygen atoms in total. The van der Waals surface area contributed by atoms with Crippen molar-refractivity contribution in [3.63, 3.8) is 0 Å². The van der Waals surface area contributed by atoms with Gasteiger partial charge in [-0.2, -0.15) is 5.26 Å². The predicted octanol–water partition coefficient (Wildman–Crippen LogP) is 3.92. The maximum Gasteiger partial charge on any atom is 0.227 e. The lowest BCUT2D eigenvalue weighted by atomic mass is 10.2. The number of aromatic nitrogens is 2. The number of nitriles is 1. The van der Waals surface area contributed by atoms with E-state index in [0.29, 0.717) is 23.6 Å². The van der Waals surface area contributed by atoms with Gasteiger partial charge in [0.2, 0.25) is 5.95 Å². The molecular weight excluding hydrogens is 449 g/mol. The molecule has 1 fully saturated rings. The number of benzene rings is 2. The van der Waals surface area contributed by atoms with Crippen LogP contribution in [-0.2, 0) is 4.74 Å². The van der Waals surface area contributed by atoms with Crippen molar-refractivity contribution in [2.45, 2.75) is 6.42 Å². The van der Waals surface area contributed by atoms with Crippen LogP contribution in [0.4, 0.5) is 16.0 Å². The van der Waals surface area contributed by atoms with Gasteiger partial charge in [0.25, 0.3) is 0 Å². The van der Waals surface area contributed by atoms with E-state index in [1.165, 1.54) is 12.1 Å². The smallest absolute Gasteiger partial charge is 0.227 e. The minimum Gasteiger partial charge on any atom is -0.493 e. The van der Waals surface area contributed by atoms with Gasteiger partial charge < -0.3 is 19.5 Å². The number of nitrogens with one attached hydrogen (secondary N) is 1. The lowest BCUT2D eigenvalue weighted by Gasteiger charge is -2.26. The Morgan fingerprint density at radius 3 is 2.76 bits per heavy atom. The van der Waals surface area contributed by atoms with Gasteiger partial charge in [0, 0.05) is 37.3 Å². The first kappa shape index (κ1) is 24.5. The highest BCUT2D eigenvalue weighted by molar-refractivity contribution is 5.85. The molecular formula is C23H25ClFN5O3. The summed E-state index contributed by atoms with van der Waals surface area (Å²) in [5.41, 5.74) is 1.08. The lowest BCUT2D eigenvalue weighted by Crippen LogP contribution is -2.37. The summed E-state index contributed by atoms with van der Waals surface area (Å²) in [7, 11) is 1.59. The molecule has 3 aromatic rings. The van der Waals surface area contributed by atoms with Gasteiger partial charge in [-0.1, -0.05) is 0 Å². The van der Waals surface area contributed by atoms with E-state index in [-0.39, 0.29) is 29.6 Å². The van der Waals surface area contributed by atoms with E-state index in [9.17, 15) is 4.39 Å². The van der Waals surface area contributed by atoms with Crippen molar-refractivity contribution in [2.24, 2.45) is 0 Å². The van der Waals surface area contributed by atoms with Gasteiger partial charge in [0.05, 0.1) is 49.8 Å². The van der Waals surface area contributed by atoms with E-state index in [4.69, 9.17) is 19.5 Å². The molecule has 0 atom stereocenters. The number of ether oxygens (including phenoxy) is 3. The molecule has 174 valence electrons. The second-order valence-corrected chi connectivity index (χ2v) is 7.34. The maximum atomic E-state index is 14.2. The van der Waals surface area contributed by atoms with Gasteiger partial charge in [-0.3, -0.25) is 4.90 Å². The second-order valence-electron chi connectivity index (χ2n) is 7.34. The first-order chi connectivity index (χ1) is 15.7. The molecule has 0 spiro atoms. The van der Waals surface area contributed by atoms with Gasteiger partial charge in [-0.15, -0.1) is 12.4 Å². The average molecular weight is 474 g/mol. The highest BCUT2D eigenvalue weighted by atomic mass is 35.5. The number of hydrogen-bond acceptors (Lipinski definition) is 8. The second kappa shape index (κ2) is 11.6. The van der Waals surface area contributed by atoms with E-state index in [0.717, 1.165) is 50.7 Å². The molecule has 1 saturated heterocycles. The van der Waals surface area contributed by atoms with Gasteiger partial charge in [0.15, 0.2) is 11.5 Å². The van der Waals surface area contributed by atoms with Crippen LogP contribution >= 0.6 is 12.4 Å². The van der Waals surface area contributed by atoms with Crippen molar-refractivity contribution >= 4 is 34.9 Å². The largest absolute Gasteiger partial charge is 0.493 e. The van der Waals surface area contributed by atoms with Crippen LogP contribution in [0.1, 0.15) is 12.0 Å². The topological polar surface area (TPSA) is 92.5 Å².